The van der Waals surface area contributed by atoms with E-state index in [2.05, 4.69) is 9.93 Å². The largest absolute Gasteiger partial charge is 0.493 e. The molecule has 2 aromatic rings. The average molecular weight is 366 g/mol. The smallest absolute Gasteiger partial charge is 0.276 e. The van der Waals surface area contributed by atoms with E-state index >= 15 is 0 Å². The highest BCUT2D eigenvalue weighted by Gasteiger charge is 2.12. The molecule has 0 saturated heterocycles. The van der Waals surface area contributed by atoms with Gasteiger partial charge in [0.1, 0.15) is 5.82 Å². The number of nitrogens with one attached hydrogen (secondary N) is 1. The Balaban J connectivity index is 2.12. The second kappa shape index (κ2) is 8.48. The number of hydrogen-bond donors (Lipinski definition) is 1. The summed E-state index contributed by atoms with van der Waals surface area (Å²) in [6.07, 6.45) is 2.19. The first-order valence-electron chi connectivity index (χ1n) is 7.57. The summed E-state index contributed by atoms with van der Waals surface area (Å²) < 4.78 is 47.8. The Hall–Kier alpha value is -2.61. The highest BCUT2D eigenvalue weighted by Crippen LogP contribution is 2.27. The minimum Gasteiger partial charge on any atom is -0.493 e. The van der Waals surface area contributed by atoms with Crippen LogP contribution in [0.25, 0.3) is 0 Å². The summed E-state index contributed by atoms with van der Waals surface area (Å²) in [5.74, 6) is 0.618. The molecule has 8 heteroatoms. The lowest BCUT2D eigenvalue weighted by atomic mass is 10.2. The predicted octanol–water partition coefficient (Wildman–Crippen LogP) is 2.94. The summed E-state index contributed by atoms with van der Waals surface area (Å²) in [5, 5.41) is 3.74. The van der Waals surface area contributed by atoms with E-state index in [9.17, 15) is 12.8 Å². The normalized spacial score (nSPS) is 11.5. The van der Waals surface area contributed by atoms with Crippen molar-refractivity contribution in [1.82, 2.24) is 4.83 Å². The van der Waals surface area contributed by atoms with E-state index in [1.165, 1.54) is 6.21 Å². The number of sulfonamides is 1. The lowest BCUT2D eigenvalue weighted by molar-refractivity contribution is 0.294. The van der Waals surface area contributed by atoms with Crippen LogP contribution >= 0.6 is 0 Å². The molecule has 0 aromatic heterocycles. The maximum absolute atomic E-state index is 12.9. The van der Waals surface area contributed by atoms with Gasteiger partial charge in [-0.1, -0.05) is 6.92 Å². The topological polar surface area (TPSA) is 77.0 Å². The van der Waals surface area contributed by atoms with Gasteiger partial charge < -0.3 is 9.47 Å². The molecule has 0 amide bonds. The van der Waals surface area contributed by atoms with Gasteiger partial charge in [-0.05, 0) is 54.4 Å². The number of ether oxygens (including phenoxy) is 2. The third-order valence-corrected chi connectivity index (χ3v) is 4.40. The van der Waals surface area contributed by atoms with Crippen molar-refractivity contribution in [3.8, 4) is 11.5 Å². The molecule has 0 aliphatic rings. The van der Waals surface area contributed by atoms with Crippen molar-refractivity contribution in [2.24, 2.45) is 5.10 Å². The molecule has 0 bridgehead atoms. The van der Waals surface area contributed by atoms with Gasteiger partial charge in [-0.3, -0.25) is 0 Å². The van der Waals surface area contributed by atoms with Gasteiger partial charge in [0.05, 0.1) is 24.8 Å². The van der Waals surface area contributed by atoms with Crippen LogP contribution in [0.1, 0.15) is 18.9 Å². The molecule has 0 saturated carbocycles. The summed E-state index contributed by atoms with van der Waals surface area (Å²) in [6.45, 7) is 2.52. The van der Waals surface area contributed by atoms with Crippen molar-refractivity contribution in [3.05, 3.63) is 53.8 Å². The standard InChI is InChI=1S/C17H19FN2O4S/c1-3-10-24-17-11-13(4-9-16(17)23-2)12-19-20-25(21,22)15-7-5-14(18)6-8-15/h4-9,11-12,20H,3,10H2,1-2H3/b19-12+. The summed E-state index contributed by atoms with van der Waals surface area (Å²) >= 11 is 0. The van der Waals surface area contributed by atoms with Gasteiger partial charge in [0.15, 0.2) is 11.5 Å². The number of hydrogen-bond acceptors (Lipinski definition) is 5. The van der Waals surface area contributed by atoms with E-state index in [4.69, 9.17) is 9.47 Å². The average Bonchev–Trinajstić information content (AvgIpc) is 2.60. The Morgan fingerprint density at radius 2 is 1.88 bits per heavy atom. The van der Waals surface area contributed by atoms with E-state index in [0.29, 0.717) is 23.7 Å². The molecule has 0 unspecified atom stereocenters. The summed E-state index contributed by atoms with van der Waals surface area (Å²) in [6, 6.07) is 9.59. The molecule has 0 atom stereocenters. The van der Waals surface area contributed by atoms with Crippen LogP contribution in [0.15, 0.2) is 52.5 Å². The fourth-order valence-corrected chi connectivity index (χ4v) is 2.73. The Bertz CT molecular complexity index is 836. The molecule has 134 valence electrons. The van der Waals surface area contributed by atoms with Crippen molar-refractivity contribution in [2.45, 2.75) is 18.2 Å². The number of nitrogens with zero attached hydrogens (tertiary/aromatic N) is 1. The molecule has 0 fully saturated rings. The second-order valence-electron chi connectivity index (χ2n) is 5.07. The van der Waals surface area contributed by atoms with Crippen molar-refractivity contribution < 1.29 is 22.3 Å². The van der Waals surface area contributed by atoms with Crippen LogP contribution in [0.5, 0.6) is 11.5 Å². The van der Waals surface area contributed by atoms with Gasteiger partial charge in [-0.2, -0.15) is 13.5 Å². The fraction of sp³-hybridized carbons (Fsp3) is 0.235. The van der Waals surface area contributed by atoms with Gasteiger partial charge in [0.25, 0.3) is 10.0 Å². The van der Waals surface area contributed by atoms with E-state index in [-0.39, 0.29) is 4.90 Å². The fourth-order valence-electron chi connectivity index (χ4n) is 1.94. The SMILES string of the molecule is CCCOc1cc(/C=N/NS(=O)(=O)c2ccc(F)cc2)ccc1OC. The lowest BCUT2D eigenvalue weighted by Crippen LogP contribution is -2.18. The Morgan fingerprint density at radius 1 is 1.16 bits per heavy atom. The van der Waals surface area contributed by atoms with Gasteiger partial charge >= 0.3 is 0 Å². The molecule has 25 heavy (non-hydrogen) atoms. The van der Waals surface area contributed by atoms with Crippen LogP contribution in [0.2, 0.25) is 0 Å². The number of hydrazone groups is 1. The lowest BCUT2D eigenvalue weighted by Gasteiger charge is -2.10. The second-order valence-corrected chi connectivity index (χ2v) is 6.73. The van der Waals surface area contributed by atoms with Crippen LogP contribution in [-0.4, -0.2) is 28.3 Å². The van der Waals surface area contributed by atoms with Crippen molar-refractivity contribution in [1.29, 1.82) is 0 Å². The zero-order valence-electron chi connectivity index (χ0n) is 13.9. The molecule has 0 spiro atoms. The van der Waals surface area contributed by atoms with Gasteiger partial charge in [-0.25, -0.2) is 9.22 Å². The molecule has 0 aliphatic carbocycles. The van der Waals surface area contributed by atoms with Crippen LogP contribution in [0.4, 0.5) is 4.39 Å². The first-order chi connectivity index (χ1) is 12.0. The third-order valence-electron chi connectivity index (χ3n) is 3.16. The molecule has 0 heterocycles. The first kappa shape index (κ1) is 18.7. The molecule has 2 rings (SSSR count). The third kappa shape index (κ3) is 5.18. The van der Waals surface area contributed by atoms with Gasteiger partial charge in [0.2, 0.25) is 0 Å². The number of benzene rings is 2. The number of halogens is 1. The maximum Gasteiger partial charge on any atom is 0.276 e. The van der Waals surface area contributed by atoms with Crippen molar-refractivity contribution in [2.75, 3.05) is 13.7 Å². The van der Waals surface area contributed by atoms with Gasteiger partial charge in [0, 0.05) is 0 Å². The van der Waals surface area contributed by atoms with Crippen LogP contribution in [-0.2, 0) is 10.0 Å². The molecule has 1 N–H and O–H groups in total. The molecule has 0 radical (unpaired) electrons. The molecular formula is C17H19FN2O4S. The van der Waals surface area contributed by atoms with E-state index in [1.54, 1.807) is 25.3 Å². The number of methoxy groups -OCH3 is 1. The predicted molar refractivity (Wildman–Crippen MR) is 93.1 cm³/mol. The van der Waals surface area contributed by atoms with Crippen LogP contribution < -0.4 is 14.3 Å². The first-order valence-corrected chi connectivity index (χ1v) is 9.06. The van der Waals surface area contributed by atoms with Crippen LogP contribution in [0, 0.1) is 5.82 Å². The van der Waals surface area contributed by atoms with Crippen molar-refractivity contribution >= 4 is 16.2 Å². The Morgan fingerprint density at radius 3 is 2.52 bits per heavy atom. The highest BCUT2D eigenvalue weighted by atomic mass is 32.2. The Kier molecular flexibility index (Phi) is 6.35. The van der Waals surface area contributed by atoms with Gasteiger partial charge in [-0.15, -0.1) is 0 Å². The maximum atomic E-state index is 12.9. The highest BCUT2D eigenvalue weighted by molar-refractivity contribution is 7.89. The van der Waals surface area contributed by atoms with E-state index in [1.807, 2.05) is 6.92 Å². The van der Waals surface area contributed by atoms with Crippen LogP contribution in [0.3, 0.4) is 0 Å². The quantitative estimate of drug-likeness (QED) is 0.576. The number of rotatable bonds is 8. The molecular weight excluding hydrogens is 347 g/mol. The zero-order valence-corrected chi connectivity index (χ0v) is 14.7. The van der Waals surface area contributed by atoms with Crippen molar-refractivity contribution in [3.63, 3.8) is 0 Å². The molecule has 2 aromatic carbocycles. The minimum absolute atomic E-state index is 0.0762. The summed E-state index contributed by atoms with van der Waals surface area (Å²) in [4.78, 5) is 2.01. The summed E-state index contributed by atoms with van der Waals surface area (Å²) in [7, 11) is -2.31. The summed E-state index contributed by atoms with van der Waals surface area (Å²) in [5.41, 5.74) is 0.633. The van der Waals surface area contributed by atoms with E-state index < -0.39 is 15.8 Å². The minimum atomic E-state index is -3.85. The Labute approximate surface area is 146 Å². The van der Waals surface area contributed by atoms with E-state index in [0.717, 1.165) is 30.7 Å². The monoisotopic (exact) mass is 366 g/mol. The molecule has 6 nitrogen and oxygen atoms in total. The zero-order chi connectivity index (χ0) is 18.3. The molecule has 0 aliphatic heterocycles.